The Labute approximate surface area is 59.5 Å². The molecule has 2 fully saturated rings. The molecule has 0 aromatic rings. The fourth-order valence-corrected chi connectivity index (χ4v) is 1.60. The van der Waals surface area contributed by atoms with Crippen molar-refractivity contribution in [2.75, 3.05) is 13.2 Å². The van der Waals surface area contributed by atoms with Crippen LogP contribution in [0, 0.1) is 23.2 Å². The van der Waals surface area contributed by atoms with Crippen LogP contribution in [0.2, 0.25) is 0 Å². The van der Waals surface area contributed by atoms with Crippen molar-refractivity contribution in [2.24, 2.45) is 11.8 Å². The molecule has 54 valence electrons. The van der Waals surface area contributed by atoms with Gasteiger partial charge in [0.05, 0.1) is 25.2 Å². The summed E-state index contributed by atoms with van der Waals surface area (Å²) in [5.41, 5.74) is 0. The van der Waals surface area contributed by atoms with E-state index in [1.54, 1.807) is 0 Å². The molecular weight excluding hydrogens is 130 g/mol. The smallest absolute Gasteiger partial charge is 0.161 e. The van der Waals surface area contributed by atoms with E-state index in [9.17, 15) is 0 Å². The lowest BCUT2D eigenvalue weighted by Gasteiger charge is -2.05. The third-order valence-electron chi connectivity index (χ3n) is 2.21. The zero-order chi connectivity index (χ0) is 6.97. The molecule has 10 heavy (non-hydrogen) atoms. The molecule has 2 aliphatic rings. The topological polar surface area (TPSA) is 42.2 Å². The molecule has 0 N–H and O–H groups in total. The number of rotatable bonds is 0. The van der Waals surface area contributed by atoms with E-state index in [4.69, 9.17) is 14.7 Å². The van der Waals surface area contributed by atoms with Gasteiger partial charge in [-0.3, -0.25) is 0 Å². The Hall–Kier alpha value is -0.590. The summed E-state index contributed by atoms with van der Waals surface area (Å²) < 4.78 is 10.5. The van der Waals surface area contributed by atoms with Gasteiger partial charge in [0.1, 0.15) is 0 Å². The summed E-state index contributed by atoms with van der Waals surface area (Å²) in [5.74, 6) is 0.428. The molecular formula is C7H9NO2. The van der Waals surface area contributed by atoms with Crippen LogP contribution in [0.25, 0.3) is 0 Å². The summed E-state index contributed by atoms with van der Waals surface area (Å²) in [4.78, 5) is 0. The van der Waals surface area contributed by atoms with Crippen LogP contribution >= 0.6 is 0 Å². The SMILES string of the molecule is N#CC1COC2OCCC12. The molecule has 2 rings (SSSR count). The Morgan fingerprint density at radius 1 is 1.40 bits per heavy atom. The maximum absolute atomic E-state index is 8.63. The quantitative estimate of drug-likeness (QED) is 0.491. The van der Waals surface area contributed by atoms with Crippen LogP contribution < -0.4 is 0 Å². The molecule has 0 saturated carbocycles. The number of hydrogen-bond donors (Lipinski definition) is 0. The molecule has 3 atom stereocenters. The van der Waals surface area contributed by atoms with Gasteiger partial charge in [-0.1, -0.05) is 0 Å². The van der Waals surface area contributed by atoms with Crippen molar-refractivity contribution in [3.8, 4) is 6.07 Å². The molecule has 3 heteroatoms. The summed E-state index contributed by atoms with van der Waals surface area (Å²) in [5, 5.41) is 8.63. The van der Waals surface area contributed by atoms with Crippen molar-refractivity contribution in [2.45, 2.75) is 12.7 Å². The zero-order valence-electron chi connectivity index (χ0n) is 5.62. The van der Waals surface area contributed by atoms with Crippen molar-refractivity contribution in [3.05, 3.63) is 0 Å². The first-order valence-electron chi connectivity index (χ1n) is 3.54. The van der Waals surface area contributed by atoms with Crippen molar-refractivity contribution >= 4 is 0 Å². The van der Waals surface area contributed by atoms with Gasteiger partial charge < -0.3 is 9.47 Å². The van der Waals surface area contributed by atoms with Crippen LogP contribution in [0.1, 0.15) is 6.42 Å². The maximum Gasteiger partial charge on any atom is 0.161 e. The van der Waals surface area contributed by atoms with Crippen LogP contribution in [-0.4, -0.2) is 19.5 Å². The van der Waals surface area contributed by atoms with E-state index >= 15 is 0 Å². The Morgan fingerprint density at radius 3 is 3.10 bits per heavy atom. The van der Waals surface area contributed by atoms with E-state index < -0.39 is 0 Å². The second-order valence-corrected chi connectivity index (χ2v) is 2.76. The van der Waals surface area contributed by atoms with Crippen molar-refractivity contribution < 1.29 is 9.47 Å². The van der Waals surface area contributed by atoms with E-state index in [0.717, 1.165) is 13.0 Å². The van der Waals surface area contributed by atoms with Crippen molar-refractivity contribution in [1.29, 1.82) is 5.26 Å². The van der Waals surface area contributed by atoms with Crippen molar-refractivity contribution in [1.82, 2.24) is 0 Å². The molecule has 2 heterocycles. The lowest BCUT2D eigenvalue weighted by molar-refractivity contribution is -0.0905. The molecule has 0 bridgehead atoms. The van der Waals surface area contributed by atoms with Gasteiger partial charge in [0.25, 0.3) is 0 Å². The first-order chi connectivity index (χ1) is 4.92. The maximum atomic E-state index is 8.63. The van der Waals surface area contributed by atoms with Crippen LogP contribution in [0.15, 0.2) is 0 Å². The van der Waals surface area contributed by atoms with Crippen LogP contribution in [0.3, 0.4) is 0 Å². The minimum atomic E-state index is -0.0651. The largest absolute Gasteiger partial charge is 0.352 e. The highest BCUT2D eigenvalue weighted by Gasteiger charge is 2.41. The molecule has 0 radical (unpaired) electrons. The minimum Gasteiger partial charge on any atom is -0.352 e. The first-order valence-corrected chi connectivity index (χ1v) is 3.54. The number of fused-ring (bicyclic) bond motifs is 1. The fourth-order valence-electron chi connectivity index (χ4n) is 1.60. The van der Waals surface area contributed by atoms with Crippen LogP contribution in [-0.2, 0) is 9.47 Å². The number of ether oxygens (including phenoxy) is 2. The number of hydrogen-bond acceptors (Lipinski definition) is 3. The third kappa shape index (κ3) is 0.731. The Balaban J connectivity index is 2.10. The van der Waals surface area contributed by atoms with Gasteiger partial charge in [0, 0.05) is 5.92 Å². The summed E-state index contributed by atoms with van der Waals surface area (Å²) in [6.07, 6.45) is 0.924. The highest BCUT2D eigenvalue weighted by atomic mass is 16.7. The van der Waals surface area contributed by atoms with Gasteiger partial charge in [-0.25, -0.2) is 0 Å². The van der Waals surface area contributed by atoms with Gasteiger partial charge in [-0.15, -0.1) is 0 Å². The molecule has 0 aromatic carbocycles. The third-order valence-corrected chi connectivity index (χ3v) is 2.21. The highest BCUT2D eigenvalue weighted by Crippen LogP contribution is 2.34. The molecule has 0 spiro atoms. The number of nitrogens with zero attached hydrogens (tertiary/aromatic N) is 1. The summed E-state index contributed by atoms with van der Waals surface area (Å²) >= 11 is 0. The van der Waals surface area contributed by atoms with E-state index in [1.165, 1.54) is 0 Å². The minimum absolute atomic E-state index is 0.0651. The summed E-state index contributed by atoms with van der Waals surface area (Å²) in [6.45, 7) is 1.32. The van der Waals surface area contributed by atoms with Gasteiger partial charge >= 0.3 is 0 Å². The molecule has 0 aromatic heterocycles. The van der Waals surface area contributed by atoms with Crippen molar-refractivity contribution in [3.63, 3.8) is 0 Å². The standard InChI is InChI=1S/C7H9NO2/c8-3-5-4-10-7-6(5)1-2-9-7/h5-7H,1-2,4H2. The van der Waals surface area contributed by atoms with Gasteiger partial charge in [0.15, 0.2) is 6.29 Å². The molecule has 0 amide bonds. The molecule has 2 saturated heterocycles. The zero-order valence-corrected chi connectivity index (χ0v) is 5.62. The second kappa shape index (κ2) is 2.22. The highest BCUT2D eigenvalue weighted by molar-refractivity contribution is 4.95. The van der Waals surface area contributed by atoms with Gasteiger partial charge in [-0.2, -0.15) is 5.26 Å². The Kier molecular flexibility index (Phi) is 1.37. The van der Waals surface area contributed by atoms with Crippen LogP contribution in [0.5, 0.6) is 0 Å². The number of nitriles is 1. The molecule has 3 unspecified atom stereocenters. The summed E-state index contributed by atoms with van der Waals surface area (Å²) in [6, 6.07) is 2.23. The van der Waals surface area contributed by atoms with Crippen LogP contribution in [0.4, 0.5) is 0 Å². The Bertz CT molecular complexity index is 175. The fraction of sp³-hybridized carbons (Fsp3) is 0.857. The van der Waals surface area contributed by atoms with Gasteiger partial charge in [0.2, 0.25) is 0 Å². The summed E-state index contributed by atoms with van der Waals surface area (Å²) in [7, 11) is 0. The van der Waals surface area contributed by atoms with E-state index in [1.807, 2.05) is 0 Å². The lowest BCUT2D eigenvalue weighted by atomic mass is 9.95. The van der Waals surface area contributed by atoms with E-state index in [2.05, 4.69) is 6.07 Å². The normalized spacial score (nSPS) is 44.9. The molecule has 2 aliphatic heterocycles. The average Bonchev–Trinajstić information content (AvgIpc) is 2.44. The first kappa shape index (κ1) is 6.14. The molecule has 3 nitrogen and oxygen atoms in total. The lowest BCUT2D eigenvalue weighted by Crippen LogP contribution is -2.13. The Morgan fingerprint density at radius 2 is 2.30 bits per heavy atom. The van der Waals surface area contributed by atoms with Gasteiger partial charge in [-0.05, 0) is 6.42 Å². The average molecular weight is 139 g/mol. The predicted octanol–water partition coefficient (Wildman–Crippen LogP) is 0.519. The van der Waals surface area contributed by atoms with E-state index in [-0.39, 0.29) is 12.2 Å². The molecule has 0 aliphatic carbocycles. The van der Waals surface area contributed by atoms with E-state index in [0.29, 0.717) is 12.5 Å². The monoisotopic (exact) mass is 139 g/mol. The second-order valence-electron chi connectivity index (χ2n) is 2.76. The predicted molar refractivity (Wildman–Crippen MR) is 32.9 cm³/mol.